The van der Waals surface area contributed by atoms with Crippen LogP contribution < -0.4 is 9.46 Å². The van der Waals surface area contributed by atoms with E-state index < -0.39 is 57.0 Å². The molecule has 36 heavy (non-hydrogen) atoms. The highest BCUT2D eigenvalue weighted by molar-refractivity contribution is 7.92. The van der Waals surface area contributed by atoms with Crippen molar-refractivity contribution in [2.24, 2.45) is 0 Å². The summed E-state index contributed by atoms with van der Waals surface area (Å²) in [5.74, 6) is -3.70. The van der Waals surface area contributed by atoms with Crippen LogP contribution in [-0.4, -0.2) is 55.4 Å². The summed E-state index contributed by atoms with van der Waals surface area (Å²) < 4.78 is 101. The molecular formula is C23H21F5N4O3S. The Morgan fingerprint density at radius 2 is 1.81 bits per heavy atom. The molecule has 0 spiro atoms. The van der Waals surface area contributed by atoms with Crippen LogP contribution in [0.1, 0.15) is 17.9 Å². The van der Waals surface area contributed by atoms with Crippen LogP contribution in [-0.2, 0) is 10.0 Å². The fourth-order valence-electron chi connectivity index (χ4n) is 4.07. The van der Waals surface area contributed by atoms with Gasteiger partial charge in [-0.2, -0.15) is 18.3 Å². The van der Waals surface area contributed by atoms with E-state index in [4.69, 9.17) is 4.74 Å². The van der Waals surface area contributed by atoms with Crippen LogP contribution in [0.3, 0.4) is 0 Å². The predicted octanol–water partition coefficient (Wildman–Crippen LogP) is 4.35. The van der Waals surface area contributed by atoms with Gasteiger partial charge in [-0.25, -0.2) is 17.2 Å². The van der Waals surface area contributed by atoms with E-state index in [1.54, 1.807) is 30.3 Å². The van der Waals surface area contributed by atoms with Crippen molar-refractivity contribution in [2.75, 3.05) is 24.4 Å². The van der Waals surface area contributed by atoms with Gasteiger partial charge in [0.05, 0.1) is 6.54 Å². The van der Waals surface area contributed by atoms with Crippen molar-refractivity contribution in [3.05, 3.63) is 78.0 Å². The molecule has 2 heterocycles. The van der Waals surface area contributed by atoms with Gasteiger partial charge < -0.3 is 4.74 Å². The molecule has 192 valence electrons. The zero-order chi connectivity index (χ0) is 25.9. The summed E-state index contributed by atoms with van der Waals surface area (Å²) in [6, 6.07) is 12.4. The lowest BCUT2D eigenvalue weighted by Gasteiger charge is -2.39. The number of hydrogen-bond donors (Lipinski definition) is 1. The van der Waals surface area contributed by atoms with Crippen LogP contribution >= 0.6 is 0 Å². The molecule has 1 aliphatic rings. The molecule has 7 nitrogen and oxygen atoms in total. The van der Waals surface area contributed by atoms with Gasteiger partial charge in [0, 0.05) is 37.3 Å². The van der Waals surface area contributed by atoms with E-state index in [1.165, 1.54) is 23.2 Å². The summed E-state index contributed by atoms with van der Waals surface area (Å²) >= 11 is 0. The number of anilines is 1. The van der Waals surface area contributed by atoms with Gasteiger partial charge in [-0.15, -0.1) is 5.10 Å². The Hall–Kier alpha value is -3.32. The molecule has 0 amide bonds. The number of piperidine rings is 1. The molecular weight excluding hydrogens is 507 g/mol. The Morgan fingerprint density at radius 3 is 2.47 bits per heavy atom. The van der Waals surface area contributed by atoms with Crippen LogP contribution in [0, 0.1) is 11.6 Å². The van der Waals surface area contributed by atoms with Gasteiger partial charge in [0.25, 0.3) is 10.0 Å². The minimum atomic E-state index is -4.53. The van der Waals surface area contributed by atoms with Crippen molar-refractivity contribution in [3.8, 4) is 5.75 Å². The molecule has 1 N–H and O–H groups in total. The van der Waals surface area contributed by atoms with Gasteiger partial charge in [-0.05, 0) is 24.1 Å². The van der Waals surface area contributed by atoms with E-state index in [-0.39, 0.29) is 25.3 Å². The quantitative estimate of drug-likeness (QED) is 0.459. The maximum atomic E-state index is 14.9. The lowest BCUT2D eigenvalue weighted by Crippen LogP contribution is -2.47. The van der Waals surface area contributed by atoms with E-state index in [0.29, 0.717) is 17.7 Å². The third-order valence-electron chi connectivity index (χ3n) is 5.63. The normalized spacial score (nSPS) is 19.1. The first-order chi connectivity index (χ1) is 17.0. The maximum Gasteiger partial charge on any atom is 0.401 e. The number of aromatic nitrogens is 2. The van der Waals surface area contributed by atoms with Crippen molar-refractivity contribution in [1.82, 2.24) is 15.1 Å². The fraction of sp³-hybridized carbons (Fsp3) is 0.304. The van der Waals surface area contributed by atoms with E-state index >= 15 is 0 Å². The number of rotatable bonds is 7. The number of ether oxygens (including phenoxy) is 1. The molecule has 0 saturated carbocycles. The van der Waals surface area contributed by atoms with Gasteiger partial charge in [-0.3, -0.25) is 9.62 Å². The molecule has 0 radical (unpaired) electrons. The van der Waals surface area contributed by atoms with Gasteiger partial charge >= 0.3 is 6.18 Å². The lowest BCUT2D eigenvalue weighted by atomic mass is 9.87. The Balaban J connectivity index is 1.57. The molecule has 1 saturated heterocycles. The summed E-state index contributed by atoms with van der Waals surface area (Å²) in [5.41, 5.74) is 0.683. The highest BCUT2D eigenvalue weighted by atomic mass is 32.2. The Bertz CT molecular complexity index is 1290. The zero-order valence-corrected chi connectivity index (χ0v) is 19.4. The van der Waals surface area contributed by atoms with Crippen molar-refractivity contribution in [1.29, 1.82) is 0 Å². The number of halogens is 5. The summed E-state index contributed by atoms with van der Waals surface area (Å²) in [5, 5.41) is 7.05. The van der Waals surface area contributed by atoms with Crippen molar-refractivity contribution < 1.29 is 35.1 Å². The van der Waals surface area contributed by atoms with Gasteiger partial charge in [-0.1, -0.05) is 30.3 Å². The predicted molar refractivity (Wildman–Crippen MR) is 120 cm³/mol. The topological polar surface area (TPSA) is 84.4 Å². The number of nitrogens with one attached hydrogen (secondary N) is 1. The highest BCUT2D eigenvalue weighted by Crippen LogP contribution is 2.34. The molecule has 0 bridgehead atoms. The van der Waals surface area contributed by atoms with Crippen LogP contribution in [0.4, 0.5) is 27.8 Å². The molecule has 0 unspecified atom stereocenters. The molecule has 1 aromatic heterocycles. The number of hydrogen-bond acceptors (Lipinski definition) is 6. The van der Waals surface area contributed by atoms with Crippen molar-refractivity contribution in [3.63, 3.8) is 0 Å². The largest absolute Gasteiger partial charge is 0.487 e. The first-order valence-electron chi connectivity index (χ1n) is 10.8. The Labute approximate surface area is 204 Å². The second-order valence-corrected chi connectivity index (χ2v) is 9.89. The van der Waals surface area contributed by atoms with Crippen LogP contribution in [0.5, 0.6) is 5.75 Å². The first kappa shape index (κ1) is 25.8. The fourth-order valence-corrected chi connectivity index (χ4v) is 5.14. The molecule has 1 aliphatic heterocycles. The number of alkyl halides is 3. The molecule has 3 aromatic rings. The standard InChI is InChI=1S/C23H21F5N4O3S/c24-17-12-21(36(33,34)31-22-7-4-9-29-30-22)18(25)11-20(17)35-19-8-10-32(14-23(26,27)28)13-16(19)15-5-2-1-3-6-15/h1-7,9,11-12,16,19H,8,10,13-14H2,(H,30,31)/t16-,19+/m1/s1. The van der Waals surface area contributed by atoms with Crippen LogP contribution in [0.15, 0.2) is 65.7 Å². The average molecular weight is 529 g/mol. The summed E-state index contributed by atoms with van der Waals surface area (Å²) in [4.78, 5) is 0.278. The van der Waals surface area contributed by atoms with Gasteiger partial charge in [0.1, 0.15) is 16.8 Å². The lowest BCUT2D eigenvalue weighted by molar-refractivity contribution is -0.150. The van der Waals surface area contributed by atoms with E-state index in [2.05, 4.69) is 10.2 Å². The minimum absolute atomic E-state index is 0.00716. The minimum Gasteiger partial charge on any atom is -0.487 e. The molecule has 4 rings (SSSR count). The number of nitrogens with zero attached hydrogens (tertiary/aromatic N) is 3. The van der Waals surface area contributed by atoms with Gasteiger partial charge in [0.2, 0.25) is 0 Å². The monoisotopic (exact) mass is 528 g/mol. The Morgan fingerprint density at radius 1 is 1.06 bits per heavy atom. The first-order valence-corrected chi connectivity index (χ1v) is 12.3. The second kappa shape index (κ2) is 10.3. The van der Waals surface area contributed by atoms with Crippen molar-refractivity contribution in [2.45, 2.75) is 29.5 Å². The number of likely N-dealkylation sites (tertiary alicyclic amines) is 1. The third kappa shape index (κ3) is 6.26. The highest BCUT2D eigenvalue weighted by Gasteiger charge is 2.38. The number of sulfonamides is 1. The van der Waals surface area contributed by atoms with E-state index in [0.717, 1.165) is 0 Å². The molecule has 0 aliphatic carbocycles. The molecule has 2 aromatic carbocycles. The second-order valence-electron chi connectivity index (χ2n) is 8.24. The number of benzene rings is 2. The zero-order valence-electron chi connectivity index (χ0n) is 18.6. The van der Waals surface area contributed by atoms with Crippen molar-refractivity contribution >= 4 is 15.8 Å². The molecule has 2 atom stereocenters. The smallest absolute Gasteiger partial charge is 0.401 e. The average Bonchev–Trinajstić information content (AvgIpc) is 2.82. The maximum absolute atomic E-state index is 14.9. The molecule has 13 heteroatoms. The summed E-state index contributed by atoms with van der Waals surface area (Å²) in [7, 11) is -4.53. The summed E-state index contributed by atoms with van der Waals surface area (Å²) in [6.45, 7) is -1.07. The van der Waals surface area contributed by atoms with Crippen LogP contribution in [0.25, 0.3) is 0 Å². The SMILES string of the molecule is O=S(=O)(Nc1cccnn1)c1cc(F)c(O[C@H]2CCN(CC(F)(F)F)C[C@@H]2c2ccccc2)cc1F. The van der Waals surface area contributed by atoms with Crippen LogP contribution in [0.2, 0.25) is 0 Å². The third-order valence-corrected chi connectivity index (χ3v) is 7.00. The van der Waals surface area contributed by atoms with Gasteiger partial charge in [0.15, 0.2) is 17.4 Å². The summed E-state index contributed by atoms with van der Waals surface area (Å²) in [6.07, 6.45) is -3.73. The van der Waals surface area contributed by atoms with E-state index in [9.17, 15) is 30.4 Å². The Kier molecular flexibility index (Phi) is 7.41. The molecule has 1 fully saturated rings. The van der Waals surface area contributed by atoms with E-state index in [1.807, 2.05) is 4.72 Å².